The predicted octanol–water partition coefficient (Wildman–Crippen LogP) is 3.32. The number of carbonyl (C=O) groups excluding carboxylic acids is 1. The van der Waals surface area contributed by atoms with E-state index in [1.54, 1.807) is 14.2 Å². The molecule has 1 atom stereocenters. The molecule has 0 N–H and O–H groups in total. The highest BCUT2D eigenvalue weighted by atomic mass is 16.5. The fourth-order valence-corrected chi connectivity index (χ4v) is 2.54. The van der Waals surface area contributed by atoms with Crippen LogP contribution in [0.1, 0.15) is 43.6 Å². The molecule has 0 aliphatic heterocycles. The number of methoxy groups -OCH3 is 2. The molecular weight excluding hydrogens is 228 g/mol. The molecule has 2 rings (SSSR count). The number of ether oxygens (including phenoxy) is 2. The minimum Gasteiger partial charge on any atom is -0.497 e. The zero-order chi connectivity index (χ0) is 13.0. The molecule has 1 aromatic carbocycles. The smallest absolute Gasteiger partial charge is 0.133 e. The molecule has 3 heteroatoms. The van der Waals surface area contributed by atoms with Crippen LogP contribution in [-0.2, 0) is 4.79 Å². The first-order valence-corrected chi connectivity index (χ1v) is 6.47. The maximum Gasteiger partial charge on any atom is 0.133 e. The number of carbonyl (C=O) groups is 1. The monoisotopic (exact) mass is 248 g/mol. The molecule has 1 aliphatic carbocycles. The molecule has 1 fully saturated rings. The number of ketones is 1. The van der Waals surface area contributed by atoms with Gasteiger partial charge in [0.15, 0.2) is 0 Å². The SMILES string of the molecule is COc1cc(OC)cc(C2CCCCC(=O)C2)c1. The van der Waals surface area contributed by atoms with Crippen LogP contribution in [0.5, 0.6) is 11.5 Å². The predicted molar refractivity (Wildman–Crippen MR) is 70.4 cm³/mol. The molecule has 1 saturated carbocycles. The first kappa shape index (κ1) is 12.9. The average molecular weight is 248 g/mol. The lowest BCUT2D eigenvalue weighted by molar-refractivity contribution is -0.119. The molecule has 1 aliphatic rings. The number of Topliss-reactive ketones (excluding diaryl/α,β-unsaturated/α-hetero) is 1. The summed E-state index contributed by atoms with van der Waals surface area (Å²) in [7, 11) is 3.30. The van der Waals surface area contributed by atoms with Crippen LogP contribution in [0.3, 0.4) is 0 Å². The van der Waals surface area contributed by atoms with E-state index in [-0.39, 0.29) is 0 Å². The Balaban J connectivity index is 2.27. The van der Waals surface area contributed by atoms with Gasteiger partial charge in [-0.15, -0.1) is 0 Å². The van der Waals surface area contributed by atoms with Crippen LogP contribution in [0.25, 0.3) is 0 Å². The van der Waals surface area contributed by atoms with Gasteiger partial charge in [-0.25, -0.2) is 0 Å². The van der Waals surface area contributed by atoms with E-state index in [2.05, 4.69) is 0 Å². The van der Waals surface area contributed by atoms with Gasteiger partial charge < -0.3 is 9.47 Å². The average Bonchev–Trinajstić information content (AvgIpc) is 2.62. The van der Waals surface area contributed by atoms with Crippen molar-refractivity contribution < 1.29 is 14.3 Å². The van der Waals surface area contributed by atoms with Crippen molar-refractivity contribution in [3.05, 3.63) is 23.8 Å². The van der Waals surface area contributed by atoms with Gasteiger partial charge in [-0.3, -0.25) is 4.79 Å². The minimum atomic E-state index is 0.309. The third-order valence-electron chi connectivity index (χ3n) is 3.58. The molecule has 1 unspecified atom stereocenters. The van der Waals surface area contributed by atoms with Crippen LogP contribution < -0.4 is 9.47 Å². The largest absolute Gasteiger partial charge is 0.497 e. The van der Waals surface area contributed by atoms with Crippen LogP contribution >= 0.6 is 0 Å². The van der Waals surface area contributed by atoms with Crippen molar-refractivity contribution in [2.45, 2.75) is 38.0 Å². The molecule has 0 radical (unpaired) electrons. The second kappa shape index (κ2) is 5.89. The summed E-state index contributed by atoms with van der Waals surface area (Å²) < 4.78 is 10.6. The third kappa shape index (κ3) is 3.03. The van der Waals surface area contributed by atoms with Gasteiger partial charge in [0.05, 0.1) is 14.2 Å². The van der Waals surface area contributed by atoms with Gasteiger partial charge in [-0.05, 0) is 36.5 Å². The van der Waals surface area contributed by atoms with Crippen molar-refractivity contribution in [1.29, 1.82) is 0 Å². The van der Waals surface area contributed by atoms with E-state index in [1.807, 2.05) is 18.2 Å². The zero-order valence-electron chi connectivity index (χ0n) is 11.1. The van der Waals surface area contributed by atoms with Gasteiger partial charge in [0.2, 0.25) is 0 Å². The standard InChI is InChI=1S/C15H20O3/c1-17-14-8-12(9-15(10-14)18-2)11-5-3-4-6-13(16)7-11/h8-11H,3-7H2,1-2H3. The van der Waals surface area contributed by atoms with Crippen molar-refractivity contribution in [3.63, 3.8) is 0 Å². The summed E-state index contributed by atoms with van der Waals surface area (Å²) in [5.41, 5.74) is 1.15. The normalized spacial score (nSPS) is 20.3. The highest BCUT2D eigenvalue weighted by molar-refractivity contribution is 5.79. The Labute approximate surface area is 108 Å². The quantitative estimate of drug-likeness (QED) is 0.770. The Morgan fingerprint density at radius 3 is 2.33 bits per heavy atom. The summed E-state index contributed by atoms with van der Waals surface area (Å²) in [6, 6.07) is 5.90. The van der Waals surface area contributed by atoms with Gasteiger partial charge in [0, 0.05) is 18.9 Å². The number of hydrogen-bond donors (Lipinski definition) is 0. The summed E-state index contributed by atoms with van der Waals surface area (Å²) in [6.07, 6.45) is 4.60. The molecule has 1 aromatic rings. The highest BCUT2D eigenvalue weighted by Crippen LogP contribution is 2.34. The summed E-state index contributed by atoms with van der Waals surface area (Å²) in [5, 5.41) is 0. The molecule has 18 heavy (non-hydrogen) atoms. The Morgan fingerprint density at radius 2 is 1.72 bits per heavy atom. The van der Waals surface area contributed by atoms with Crippen LogP contribution in [0.15, 0.2) is 18.2 Å². The zero-order valence-corrected chi connectivity index (χ0v) is 11.1. The minimum absolute atomic E-state index is 0.309. The fraction of sp³-hybridized carbons (Fsp3) is 0.533. The van der Waals surface area contributed by atoms with Crippen molar-refractivity contribution >= 4 is 5.78 Å². The van der Waals surface area contributed by atoms with Gasteiger partial charge in [-0.2, -0.15) is 0 Å². The second-order valence-electron chi connectivity index (χ2n) is 4.83. The van der Waals surface area contributed by atoms with E-state index in [1.165, 1.54) is 0 Å². The van der Waals surface area contributed by atoms with E-state index >= 15 is 0 Å². The van der Waals surface area contributed by atoms with Crippen molar-refractivity contribution in [2.75, 3.05) is 14.2 Å². The molecule has 0 aromatic heterocycles. The van der Waals surface area contributed by atoms with E-state index in [0.717, 1.165) is 42.7 Å². The van der Waals surface area contributed by atoms with E-state index in [4.69, 9.17) is 9.47 Å². The molecule has 0 spiro atoms. The van der Waals surface area contributed by atoms with Crippen LogP contribution in [0, 0.1) is 0 Å². The lowest BCUT2D eigenvalue weighted by Crippen LogP contribution is -2.04. The van der Waals surface area contributed by atoms with Crippen LogP contribution in [-0.4, -0.2) is 20.0 Å². The van der Waals surface area contributed by atoms with Crippen LogP contribution in [0.4, 0.5) is 0 Å². The molecule has 0 saturated heterocycles. The Bertz CT molecular complexity index is 403. The molecule has 0 bridgehead atoms. The lowest BCUT2D eigenvalue weighted by Gasteiger charge is -2.16. The number of hydrogen-bond acceptors (Lipinski definition) is 3. The third-order valence-corrected chi connectivity index (χ3v) is 3.58. The molecule has 3 nitrogen and oxygen atoms in total. The van der Waals surface area contributed by atoms with Gasteiger partial charge >= 0.3 is 0 Å². The van der Waals surface area contributed by atoms with Gasteiger partial charge in [-0.1, -0.05) is 6.42 Å². The Morgan fingerprint density at radius 1 is 1.06 bits per heavy atom. The van der Waals surface area contributed by atoms with E-state index in [0.29, 0.717) is 18.1 Å². The molecule has 0 amide bonds. The van der Waals surface area contributed by atoms with Gasteiger partial charge in [0.25, 0.3) is 0 Å². The topological polar surface area (TPSA) is 35.5 Å². The summed E-state index contributed by atoms with van der Waals surface area (Å²) in [5.74, 6) is 2.27. The fourth-order valence-electron chi connectivity index (χ4n) is 2.54. The number of benzene rings is 1. The van der Waals surface area contributed by atoms with Crippen molar-refractivity contribution in [1.82, 2.24) is 0 Å². The molecular formula is C15H20O3. The first-order valence-electron chi connectivity index (χ1n) is 6.47. The lowest BCUT2D eigenvalue weighted by atomic mass is 9.91. The maximum absolute atomic E-state index is 11.7. The Hall–Kier alpha value is -1.51. The van der Waals surface area contributed by atoms with Crippen molar-refractivity contribution in [3.8, 4) is 11.5 Å². The van der Waals surface area contributed by atoms with E-state index in [9.17, 15) is 4.79 Å². The number of rotatable bonds is 3. The highest BCUT2D eigenvalue weighted by Gasteiger charge is 2.20. The summed E-state index contributed by atoms with van der Waals surface area (Å²) in [4.78, 5) is 11.7. The molecule has 98 valence electrons. The Kier molecular flexibility index (Phi) is 4.24. The second-order valence-corrected chi connectivity index (χ2v) is 4.83. The van der Waals surface area contributed by atoms with Crippen LogP contribution in [0.2, 0.25) is 0 Å². The van der Waals surface area contributed by atoms with E-state index < -0.39 is 0 Å². The maximum atomic E-state index is 11.7. The van der Waals surface area contributed by atoms with Crippen molar-refractivity contribution in [2.24, 2.45) is 0 Å². The summed E-state index contributed by atoms with van der Waals surface area (Å²) in [6.45, 7) is 0. The first-order chi connectivity index (χ1) is 8.72. The van der Waals surface area contributed by atoms with Gasteiger partial charge in [0.1, 0.15) is 17.3 Å². The summed E-state index contributed by atoms with van der Waals surface area (Å²) >= 11 is 0. The molecule has 0 heterocycles.